The molecule has 0 bridgehead atoms. The summed E-state index contributed by atoms with van der Waals surface area (Å²) in [6, 6.07) is 32.7. The van der Waals surface area contributed by atoms with Gasteiger partial charge in [-0.3, -0.25) is 0 Å². The summed E-state index contributed by atoms with van der Waals surface area (Å²) in [6.07, 6.45) is 0. The molecule has 29 heavy (non-hydrogen) atoms. The molecular weight excluding hydrogens is 424 g/mol. The van der Waals surface area contributed by atoms with E-state index in [0.29, 0.717) is 5.56 Å². The van der Waals surface area contributed by atoms with E-state index in [1.807, 2.05) is 48.5 Å². The van der Waals surface area contributed by atoms with Crippen LogP contribution in [0.5, 0.6) is 0 Å². The van der Waals surface area contributed by atoms with Crippen molar-refractivity contribution in [1.29, 1.82) is 0 Å². The molecule has 0 aliphatic carbocycles. The van der Waals surface area contributed by atoms with E-state index in [0.717, 1.165) is 37.9 Å². The van der Waals surface area contributed by atoms with E-state index in [1.165, 1.54) is 7.11 Å². The van der Waals surface area contributed by atoms with Crippen molar-refractivity contribution in [3.05, 3.63) is 107 Å². The highest BCUT2D eigenvalue weighted by molar-refractivity contribution is 9.10. The van der Waals surface area contributed by atoms with Crippen LogP contribution in [-0.2, 0) is 4.74 Å². The Balaban J connectivity index is 1.96. The van der Waals surface area contributed by atoms with Gasteiger partial charge in [-0.25, -0.2) is 4.79 Å². The van der Waals surface area contributed by atoms with E-state index in [2.05, 4.69) is 58.4 Å². The molecule has 0 saturated heterocycles. The van der Waals surface area contributed by atoms with Crippen LogP contribution in [0.15, 0.2) is 102 Å². The van der Waals surface area contributed by atoms with E-state index < -0.39 is 0 Å². The van der Waals surface area contributed by atoms with Crippen molar-refractivity contribution in [1.82, 2.24) is 0 Å². The van der Waals surface area contributed by atoms with Crippen LogP contribution in [0, 0.1) is 0 Å². The summed E-state index contributed by atoms with van der Waals surface area (Å²) in [6.45, 7) is 0. The third kappa shape index (κ3) is 4.15. The molecule has 0 radical (unpaired) electrons. The molecule has 0 aromatic heterocycles. The number of hydrogen-bond acceptors (Lipinski definition) is 2. The Morgan fingerprint density at radius 3 is 1.69 bits per heavy atom. The van der Waals surface area contributed by atoms with Crippen molar-refractivity contribution in [2.45, 2.75) is 0 Å². The predicted octanol–water partition coefficient (Wildman–Crippen LogP) is 7.24. The monoisotopic (exact) mass is 442 g/mol. The maximum absolute atomic E-state index is 12.4. The molecule has 3 heteroatoms. The number of rotatable bonds is 4. The summed E-state index contributed by atoms with van der Waals surface area (Å²) in [5, 5.41) is 0. The first-order valence-corrected chi connectivity index (χ1v) is 10.1. The first kappa shape index (κ1) is 19.2. The molecule has 0 aliphatic rings. The van der Waals surface area contributed by atoms with Crippen molar-refractivity contribution in [2.75, 3.05) is 7.11 Å². The van der Waals surface area contributed by atoms with Crippen molar-refractivity contribution >= 4 is 21.9 Å². The van der Waals surface area contributed by atoms with Gasteiger partial charge in [0.1, 0.15) is 0 Å². The summed E-state index contributed by atoms with van der Waals surface area (Å²) in [4.78, 5) is 12.4. The maximum atomic E-state index is 12.4. The molecule has 0 fully saturated rings. The van der Waals surface area contributed by atoms with Gasteiger partial charge in [-0.05, 0) is 63.7 Å². The van der Waals surface area contributed by atoms with Gasteiger partial charge in [-0.15, -0.1) is 0 Å². The fourth-order valence-electron chi connectivity index (χ4n) is 3.42. The van der Waals surface area contributed by atoms with Gasteiger partial charge in [0.2, 0.25) is 0 Å². The van der Waals surface area contributed by atoms with E-state index >= 15 is 0 Å². The highest BCUT2D eigenvalue weighted by atomic mass is 79.9. The average Bonchev–Trinajstić information content (AvgIpc) is 2.79. The molecule has 2 nitrogen and oxygen atoms in total. The van der Waals surface area contributed by atoms with Crippen LogP contribution in [0.4, 0.5) is 0 Å². The Morgan fingerprint density at radius 2 is 1.17 bits per heavy atom. The van der Waals surface area contributed by atoms with Gasteiger partial charge < -0.3 is 4.74 Å². The highest BCUT2D eigenvalue weighted by Crippen LogP contribution is 2.35. The van der Waals surface area contributed by atoms with E-state index in [-0.39, 0.29) is 5.97 Å². The molecule has 0 heterocycles. The molecule has 0 spiro atoms. The lowest BCUT2D eigenvalue weighted by atomic mass is 9.91. The molecule has 0 atom stereocenters. The van der Waals surface area contributed by atoms with E-state index in [9.17, 15) is 4.79 Å². The molecule has 4 aromatic carbocycles. The number of esters is 1. The van der Waals surface area contributed by atoms with Gasteiger partial charge >= 0.3 is 5.97 Å². The van der Waals surface area contributed by atoms with Crippen molar-refractivity contribution in [2.24, 2.45) is 0 Å². The van der Waals surface area contributed by atoms with Gasteiger partial charge in [0.25, 0.3) is 0 Å². The Morgan fingerprint density at radius 1 is 0.655 bits per heavy atom. The maximum Gasteiger partial charge on any atom is 0.338 e. The van der Waals surface area contributed by atoms with Crippen LogP contribution in [0.2, 0.25) is 0 Å². The van der Waals surface area contributed by atoms with Gasteiger partial charge in [-0.1, -0.05) is 82.7 Å². The van der Waals surface area contributed by atoms with Crippen molar-refractivity contribution in [3.63, 3.8) is 0 Å². The normalized spacial score (nSPS) is 10.6. The smallest absolute Gasteiger partial charge is 0.338 e. The first-order chi connectivity index (χ1) is 14.2. The fraction of sp³-hybridized carbons (Fsp3) is 0.0385. The minimum absolute atomic E-state index is 0.354. The van der Waals surface area contributed by atoms with Gasteiger partial charge in [0.15, 0.2) is 0 Å². The zero-order valence-electron chi connectivity index (χ0n) is 15.9. The topological polar surface area (TPSA) is 26.3 Å². The fourth-order valence-corrected chi connectivity index (χ4v) is 3.79. The van der Waals surface area contributed by atoms with Crippen molar-refractivity contribution < 1.29 is 9.53 Å². The lowest BCUT2D eigenvalue weighted by molar-refractivity contribution is 0.0601. The summed E-state index contributed by atoms with van der Waals surface area (Å²) in [5.41, 5.74) is 6.80. The zero-order chi connectivity index (χ0) is 20.2. The number of benzene rings is 4. The van der Waals surface area contributed by atoms with Gasteiger partial charge in [-0.2, -0.15) is 0 Å². The van der Waals surface area contributed by atoms with Crippen molar-refractivity contribution in [3.8, 4) is 33.4 Å². The largest absolute Gasteiger partial charge is 0.465 e. The molecular formula is C26H19BrO2. The number of halogens is 1. The second-order valence-corrected chi connectivity index (χ2v) is 7.63. The summed E-state index contributed by atoms with van der Waals surface area (Å²) >= 11 is 3.46. The third-order valence-electron chi connectivity index (χ3n) is 4.85. The van der Waals surface area contributed by atoms with Crippen LogP contribution in [-0.4, -0.2) is 13.1 Å². The molecule has 0 unspecified atom stereocenters. The van der Waals surface area contributed by atoms with E-state index in [4.69, 9.17) is 4.74 Å². The molecule has 0 amide bonds. The Kier molecular flexibility index (Phi) is 5.59. The van der Waals surface area contributed by atoms with Crippen LogP contribution in [0.3, 0.4) is 0 Å². The molecule has 4 rings (SSSR count). The SMILES string of the molecule is COC(=O)c1cc(Br)ccc1-c1cc(-c2ccccc2)cc(-c2ccccc2)c1. The van der Waals surface area contributed by atoms with Gasteiger partial charge in [0.05, 0.1) is 12.7 Å². The predicted molar refractivity (Wildman–Crippen MR) is 122 cm³/mol. The summed E-state index contributed by atoms with van der Waals surface area (Å²) in [7, 11) is 1.41. The number of carbonyl (C=O) groups excluding carboxylic acids is 1. The van der Waals surface area contributed by atoms with Crippen LogP contribution in [0.25, 0.3) is 33.4 Å². The zero-order valence-corrected chi connectivity index (χ0v) is 17.5. The van der Waals surface area contributed by atoms with Crippen LogP contribution in [0.1, 0.15) is 10.4 Å². The van der Waals surface area contributed by atoms with Crippen LogP contribution < -0.4 is 0 Å². The van der Waals surface area contributed by atoms with E-state index in [1.54, 1.807) is 6.07 Å². The molecule has 0 N–H and O–H groups in total. The lowest BCUT2D eigenvalue weighted by Gasteiger charge is -2.14. The average molecular weight is 443 g/mol. The minimum atomic E-state index is -0.354. The lowest BCUT2D eigenvalue weighted by Crippen LogP contribution is -2.03. The first-order valence-electron chi connectivity index (χ1n) is 9.30. The molecule has 142 valence electrons. The number of hydrogen-bond donors (Lipinski definition) is 0. The standard InChI is InChI=1S/C26H19BrO2/c1-29-26(28)25-17-23(27)12-13-24(25)22-15-20(18-8-4-2-5-9-18)14-21(16-22)19-10-6-3-7-11-19/h2-17H,1H3. The minimum Gasteiger partial charge on any atom is -0.465 e. The molecule has 0 saturated carbocycles. The van der Waals surface area contributed by atoms with Gasteiger partial charge in [0, 0.05) is 4.47 Å². The number of carbonyl (C=O) groups is 1. The Labute approximate surface area is 178 Å². The number of ether oxygens (including phenoxy) is 1. The molecule has 0 aliphatic heterocycles. The van der Waals surface area contributed by atoms with Crippen LogP contribution >= 0.6 is 15.9 Å². The molecule has 4 aromatic rings. The highest BCUT2D eigenvalue weighted by Gasteiger charge is 2.16. The second-order valence-electron chi connectivity index (χ2n) is 6.71. The Bertz CT molecular complexity index is 1090. The Hall–Kier alpha value is -3.17. The number of methoxy groups -OCH3 is 1. The summed E-state index contributed by atoms with van der Waals surface area (Å²) < 4.78 is 5.86. The quantitative estimate of drug-likeness (QED) is 0.311. The second kappa shape index (κ2) is 8.46. The third-order valence-corrected chi connectivity index (χ3v) is 5.34. The summed E-state index contributed by atoms with van der Waals surface area (Å²) in [5.74, 6) is -0.354.